The van der Waals surface area contributed by atoms with Gasteiger partial charge >= 0.3 is 0 Å². The van der Waals surface area contributed by atoms with E-state index in [1.165, 1.54) is 0 Å². The van der Waals surface area contributed by atoms with Crippen LogP contribution in [0.3, 0.4) is 0 Å². The Morgan fingerprint density at radius 2 is 2.08 bits per heavy atom. The van der Waals surface area contributed by atoms with Gasteiger partial charge in [0.15, 0.2) is 0 Å². The van der Waals surface area contributed by atoms with Crippen LogP contribution in [-0.2, 0) is 6.54 Å². The number of carbonyl (C=O) groups is 1. The fraction of sp³-hybridized carbons (Fsp3) is 0.389. The molecule has 0 radical (unpaired) electrons. The number of pyridine rings is 2. The number of nitrogens with zero attached hydrogens (tertiary/aromatic N) is 2. The predicted molar refractivity (Wildman–Crippen MR) is 97.2 cm³/mol. The minimum Gasteiger partial charge on any atom is -0.478 e. The molecule has 7 heteroatoms. The van der Waals surface area contributed by atoms with E-state index in [1.54, 1.807) is 30.6 Å². The molecule has 0 aliphatic carbocycles. The molecule has 1 aliphatic heterocycles. The van der Waals surface area contributed by atoms with E-state index >= 15 is 0 Å². The van der Waals surface area contributed by atoms with Crippen molar-refractivity contribution in [3.63, 3.8) is 0 Å². The van der Waals surface area contributed by atoms with Crippen LogP contribution in [0.2, 0.25) is 0 Å². The van der Waals surface area contributed by atoms with Crippen LogP contribution in [0.1, 0.15) is 29.3 Å². The monoisotopic (exact) mass is 359 g/mol. The van der Waals surface area contributed by atoms with Gasteiger partial charge in [-0.2, -0.15) is 11.8 Å². The molecule has 0 bridgehead atoms. The van der Waals surface area contributed by atoms with E-state index in [-0.39, 0.29) is 12.0 Å². The fourth-order valence-electron chi connectivity index (χ4n) is 2.39. The number of hydrogen-bond acceptors (Lipinski definition) is 6. The topological polar surface area (TPSA) is 73.3 Å². The molecule has 2 aromatic heterocycles. The average molecular weight is 359 g/mol. The second-order valence-electron chi connectivity index (χ2n) is 5.61. The lowest BCUT2D eigenvalue weighted by Crippen LogP contribution is -2.23. The zero-order chi connectivity index (χ0) is 17.5. The number of nitrogens with one attached hydrogen (secondary N) is 1. The summed E-state index contributed by atoms with van der Waals surface area (Å²) >= 11 is 1.89. The fourth-order valence-corrected chi connectivity index (χ4v) is 3.49. The standard InChI is InChI=1S/C18H21N3O3S/c1-2-23-16-5-3-13(9-19-16)10-21-18(22)14-4-6-17(20-11-14)24-15-7-8-25-12-15/h3-6,9,11,15H,2,7-8,10,12H2,1H3,(H,21,22). The molecule has 1 saturated heterocycles. The van der Waals surface area contributed by atoms with Crippen LogP contribution in [0.15, 0.2) is 36.7 Å². The normalized spacial score (nSPS) is 16.4. The maximum atomic E-state index is 12.2. The van der Waals surface area contributed by atoms with E-state index in [4.69, 9.17) is 9.47 Å². The summed E-state index contributed by atoms with van der Waals surface area (Å²) in [6.07, 6.45) is 4.51. The first-order valence-electron chi connectivity index (χ1n) is 8.31. The molecule has 3 heterocycles. The molecule has 0 spiro atoms. The van der Waals surface area contributed by atoms with Crippen molar-refractivity contribution in [1.29, 1.82) is 0 Å². The molecule has 1 fully saturated rings. The van der Waals surface area contributed by atoms with E-state index in [1.807, 2.05) is 24.8 Å². The quantitative estimate of drug-likeness (QED) is 0.819. The Bertz CT molecular complexity index is 686. The third-order valence-corrected chi connectivity index (χ3v) is 4.85. The molecular formula is C18H21N3O3S. The molecule has 0 saturated carbocycles. The van der Waals surface area contributed by atoms with E-state index < -0.39 is 0 Å². The molecular weight excluding hydrogens is 338 g/mol. The van der Waals surface area contributed by atoms with Crippen LogP contribution >= 0.6 is 11.8 Å². The second-order valence-corrected chi connectivity index (χ2v) is 6.76. The second kappa shape index (κ2) is 8.71. The van der Waals surface area contributed by atoms with Crippen molar-refractivity contribution in [1.82, 2.24) is 15.3 Å². The van der Waals surface area contributed by atoms with Crippen molar-refractivity contribution < 1.29 is 14.3 Å². The minimum absolute atomic E-state index is 0.177. The van der Waals surface area contributed by atoms with Crippen LogP contribution in [0.5, 0.6) is 11.8 Å². The highest BCUT2D eigenvalue weighted by Gasteiger charge is 2.17. The summed E-state index contributed by atoms with van der Waals surface area (Å²) in [6, 6.07) is 7.15. The molecule has 25 heavy (non-hydrogen) atoms. The molecule has 1 atom stereocenters. The first kappa shape index (κ1) is 17.5. The lowest BCUT2D eigenvalue weighted by molar-refractivity contribution is 0.0950. The molecule has 132 valence electrons. The van der Waals surface area contributed by atoms with Gasteiger partial charge in [0, 0.05) is 36.8 Å². The van der Waals surface area contributed by atoms with E-state index in [9.17, 15) is 4.79 Å². The van der Waals surface area contributed by atoms with Crippen molar-refractivity contribution in [3.05, 3.63) is 47.8 Å². The lowest BCUT2D eigenvalue weighted by atomic mass is 10.2. The Labute approximate surface area is 151 Å². The summed E-state index contributed by atoms with van der Waals surface area (Å²) in [5.74, 6) is 3.10. The highest BCUT2D eigenvalue weighted by Crippen LogP contribution is 2.22. The molecule has 2 aromatic rings. The highest BCUT2D eigenvalue weighted by molar-refractivity contribution is 7.99. The number of hydrogen-bond donors (Lipinski definition) is 1. The maximum absolute atomic E-state index is 12.2. The first-order valence-corrected chi connectivity index (χ1v) is 9.46. The average Bonchev–Trinajstić information content (AvgIpc) is 3.15. The van der Waals surface area contributed by atoms with Gasteiger partial charge in [-0.3, -0.25) is 4.79 Å². The SMILES string of the molecule is CCOc1ccc(CNC(=O)c2ccc(OC3CCSC3)nc2)cn1. The van der Waals surface area contributed by atoms with Gasteiger partial charge in [0.25, 0.3) is 5.91 Å². The van der Waals surface area contributed by atoms with Crippen LogP contribution < -0.4 is 14.8 Å². The summed E-state index contributed by atoms with van der Waals surface area (Å²) in [5, 5.41) is 2.86. The molecule has 1 amide bonds. The van der Waals surface area contributed by atoms with Gasteiger partial charge in [0.05, 0.1) is 12.2 Å². The highest BCUT2D eigenvalue weighted by atomic mass is 32.2. The van der Waals surface area contributed by atoms with Gasteiger partial charge in [-0.05, 0) is 30.7 Å². The van der Waals surface area contributed by atoms with Crippen molar-refractivity contribution >= 4 is 17.7 Å². The van der Waals surface area contributed by atoms with Crippen molar-refractivity contribution in [3.8, 4) is 11.8 Å². The first-order chi connectivity index (χ1) is 12.2. The number of rotatable bonds is 7. The molecule has 1 aliphatic rings. The summed E-state index contributed by atoms with van der Waals surface area (Å²) in [6.45, 7) is 2.89. The summed E-state index contributed by atoms with van der Waals surface area (Å²) in [5.41, 5.74) is 1.41. The number of ether oxygens (including phenoxy) is 2. The Kier molecular flexibility index (Phi) is 6.11. The third kappa shape index (κ3) is 5.09. The van der Waals surface area contributed by atoms with Crippen molar-refractivity contribution in [2.45, 2.75) is 26.0 Å². The van der Waals surface area contributed by atoms with E-state index in [0.29, 0.717) is 30.5 Å². The van der Waals surface area contributed by atoms with Gasteiger partial charge in [0.1, 0.15) is 6.10 Å². The molecule has 6 nitrogen and oxygen atoms in total. The number of thioether (sulfide) groups is 1. The van der Waals surface area contributed by atoms with Gasteiger partial charge in [0.2, 0.25) is 11.8 Å². The number of aromatic nitrogens is 2. The smallest absolute Gasteiger partial charge is 0.253 e. The van der Waals surface area contributed by atoms with Crippen molar-refractivity contribution in [2.75, 3.05) is 18.1 Å². The maximum Gasteiger partial charge on any atom is 0.253 e. The molecule has 0 aromatic carbocycles. The van der Waals surface area contributed by atoms with Gasteiger partial charge in [-0.15, -0.1) is 0 Å². The predicted octanol–water partition coefficient (Wildman–Crippen LogP) is 2.69. The molecule has 1 N–H and O–H groups in total. The largest absolute Gasteiger partial charge is 0.478 e. The molecule has 3 rings (SSSR count). The Hall–Kier alpha value is -2.28. The Morgan fingerprint density at radius 3 is 2.72 bits per heavy atom. The van der Waals surface area contributed by atoms with E-state index in [2.05, 4.69) is 15.3 Å². The van der Waals surface area contributed by atoms with E-state index in [0.717, 1.165) is 23.5 Å². The number of carbonyl (C=O) groups excluding carboxylic acids is 1. The molecule has 1 unspecified atom stereocenters. The van der Waals surface area contributed by atoms with Gasteiger partial charge in [-0.25, -0.2) is 9.97 Å². The Balaban J connectivity index is 1.50. The van der Waals surface area contributed by atoms with Crippen LogP contribution in [0.25, 0.3) is 0 Å². The van der Waals surface area contributed by atoms with Crippen LogP contribution in [-0.4, -0.2) is 40.1 Å². The third-order valence-electron chi connectivity index (χ3n) is 3.72. The number of amides is 1. The summed E-state index contributed by atoms with van der Waals surface area (Å²) in [7, 11) is 0. The zero-order valence-electron chi connectivity index (χ0n) is 14.1. The van der Waals surface area contributed by atoms with Crippen LogP contribution in [0, 0.1) is 0 Å². The lowest BCUT2D eigenvalue weighted by Gasteiger charge is -2.11. The summed E-state index contributed by atoms with van der Waals surface area (Å²) in [4.78, 5) is 20.6. The minimum atomic E-state index is -0.177. The van der Waals surface area contributed by atoms with Gasteiger partial charge < -0.3 is 14.8 Å². The van der Waals surface area contributed by atoms with Gasteiger partial charge in [-0.1, -0.05) is 6.07 Å². The Morgan fingerprint density at radius 1 is 1.24 bits per heavy atom. The van der Waals surface area contributed by atoms with Crippen LogP contribution in [0.4, 0.5) is 0 Å². The zero-order valence-corrected chi connectivity index (χ0v) is 14.9. The van der Waals surface area contributed by atoms with Crippen molar-refractivity contribution in [2.24, 2.45) is 0 Å². The summed E-state index contributed by atoms with van der Waals surface area (Å²) < 4.78 is 11.1.